The zero-order valence-electron chi connectivity index (χ0n) is 8.07. The van der Waals surface area contributed by atoms with Crippen LogP contribution in [-0.2, 0) is 4.74 Å². The van der Waals surface area contributed by atoms with E-state index in [-0.39, 0.29) is 5.88 Å². The van der Waals surface area contributed by atoms with Crippen LogP contribution < -0.4 is 4.74 Å². The molecule has 0 fully saturated rings. The molecule has 0 bridgehead atoms. The summed E-state index contributed by atoms with van der Waals surface area (Å²) in [6.45, 7) is 1.48. The lowest BCUT2D eigenvalue weighted by Crippen LogP contribution is -2.28. The molecule has 1 atom stereocenters. The molecule has 5 heteroatoms. The average Bonchev–Trinajstić information content (AvgIpc) is 2.18. The van der Waals surface area contributed by atoms with Crippen molar-refractivity contribution in [2.75, 3.05) is 5.88 Å². The lowest BCUT2D eigenvalue weighted by Gasteiger charge is -2.18. The van der Waals surface area contributed by atoms with Gasteiger partial charge in [0.1, 0.15) is 5.75 Å². The fourth-order valence-corrected chi connectivity index (χ4v) is 0.924. The van der Waals surface area contributed by atoms with Crippen LogP contribution in [0.5, 0.6) is 5.75 Å². The minimum atomic E-state index is -1.24. The number of benzene rings is 1. The van der Waals surface area contributed by atoms with Crippen LogP contribution in [0.2, 0.25) is 0 Å². The van der Waals surface area contributed by atoms with E-state index in [9.17, 15) is 4.79 Å². The molecule has 0 aliphatic carbocycles. The van der Waals surface area contributed by atoms with E-state index < -0.39 is 11.2 Å². The molecular formula is C10H10Cl2O3. The Morgan fingerprint density at radius 2 is 2.00 bits per heavy atom. The van der Waals surface area contributed by atoms with E-state index in [0.29, 0.717) is 5.75 Å². The Kier molecular flexibility index (Phi) is 4.24. The summed E-state index contributed by atoms with van der Waals surface area (Å²) in [5.41, 5.74) is 0. The highest BCUT2D eigenvalue weighted by Crippen LogP contribution is 2.19. The summed E-state index contributed by atoms with van der Waals surface area (Å²) in [5.74, 6) is 0.378. The first kappa shape index (κ1) is 12.1. The van der Waals surface area contributed by atoms with Gasteiger partial charge in [-0.2, -0.15) is 0 Å². The number of carbonyl (C=O) groups is 1. The number of hydrogen-bond acceptors (Lipinski definition) is 3. The summed E-state index contributed by atoms with van der Waals surface area (Å²) in [4.78, 5) is 11.2. The van der Waals surface area contributed by atoms with E-state index in [0.717, 1.165) is 0 Å². The number of ether oxygens (including phenoxy) is 2. The Bertz CT molecular complexity index is 325. The normalized spacial score (nSPS) is 14.1. The third kappa shape index (κ3) is 4.40. The molecule has 0 N–H and O–H groups in total. The van der Waals surface area contributed by atoms with Crippen molar-refractivity contribution in [3.8, 4) is 5.75 Å². The topological polar surface area (TPSA) is 35.5 Å². The van der Waals surface area contributed by atoms with Gasteiger partial charge in [-0.05, 0) is 19.1 Å². The maximum atomic E-state index is 11.2. The second-order valence-corrected chi connectivity index (χ2v) is 4.07. The highest BCUT2D eigenvalue weighted by molar-refractivity contribution is 6.30. The van der Waals surface area contributed by atoms with Gasteiger partial charge in [0.2, 0.25) is 0 Å². The molecule has 1 aromatic carbocycles. The van der Waals surface area contributed by atoms with Crippen molar-refractivity contribution < 1.29 is 14.3 Å². The molecule has 1 aromatic rings. The van der Waals surface area contributed by atoms with Crippen molar-refractivity contribution in [1.29, 1.82) is 0 Å². The molecule has 0 saturated carbocycles. The maximum absolute atomic E-state index is 11.2. The number of alkyl halides is 2. The summed E-state index contributed by atoms with van der Waals surface area (Å²) in [7, 11) is 0. The van der Waals surface area contributed by atoms with Crippen molar-refractivity contribution in [2.45, 2.75) is 12.0 Å². The SMILES string of the molecule is CC(Cl)(CCl)OC(=O)Oc1ccccc1. The van der Waals surface area contributed by atoms with Crippen LogP contribution in [0.15, 0.2) is 30.3 Å². The summed E-state index contributed by atoms with van der Waals surface area (Å²) in [5, 5.41) is -1.24. The molecule has 15 heavy (non-hydrogen) atoms. The smallest absolute Gasteiger partial charge is 0.410 e. The van der Waals surface area contributed by atoms with Crippen LogP contribution in [0.1, 0.15) is 6.92 Å². The zero-order valence-corrected chi connectivity index (χ0v) is 9.59. The van der Waals surface area contributed by atoms with Crippen molar-refractivity contribution >= 4 is 29.4 Å². The Balaban J connectivity index is 2.51. The van der Waals surface area contributed by atoms with Crippen LogP contribution in [0.25, 0.3) is 0 Å². The Hall–Kier alpha value is -0.930. The largest absolute Gasteiger partial charge is 0.515 e. The first-order chi connectivity index (χ1) is 7.03. The molecule has 0 spiro atoms. The lowest BCUT2D eigenvalue weighted by molar-refractivity contribution is 0.0557. The molecule has 1 rings (SSSR count). The molecular weight excluding hydrogens is 239 g/mol. The predicted molar refractivity (Wildman–Crippen MR) is 58.5 cm³/mol. The van der Waals surface area contributed by atoms with Gasteiger partial charge in [0.05, 0.1) is 5.88 Å². The molecule has 1 unspecified atom stereocenters. The van der Waals surface area contributed by atoms with E-state index in [4.69, 9.17) is 32.7 Å². The number of rotatable bonds is 3. The minimum Gasteiger partial charge on any atom is -0.410 e. The van der Waals surface area contributed by atoms with Gasteiger partial charge >= 0.3 is 6.16 Å². The fraction of sp³-hybridized carbons (Fsp3) is 0.300. The summed E-state index contributed by atoms with van der Waals surface area (Å²) in [6.07, 6.45) is -0.876. The molecule has 0 aromatic heterocycles. The number of hydrogen-bond donors (Lipinski definition) is 0. The van der Waals surface area contributed by atoms with E-state index in [1.807, 2.05) is 6.07 Å². The molecule has 0 radical (unpaired) electrons. The Morgan fingerprint density at radius 1 is 1.40 bits per heavy atom. The van der Waals surface area contributed by atoms with Gasteiger partial charge in [0.25, 0.3) is 0 Å². The molecule has 82 valence electrons. The second kappa shape index (κ2) is 5.24. The van der Waals surface area contributed by atoms with Crippen molar-refractivity contribution in [3.05, 3.63) is 30.3 Å². The van der Waals surface area contributed by atoms with Crippen LogP contribution in [0.4, 0.5) is 4.79 Å². The first-order valence-electron chi connectivity index (χ1n) is 4.24. The van der Waals surface area contributed by atoms with Gasteiger partial charge in [-0.3, -0.25) is 0 Å². The first-order valence-corrected chi connectivity index (χ1v) is 5.15. The Morgan fingerprint density at radius 3 is 2.53 bits per heavy atom. The quantitative estimate of drug-likeness (QED) is 0.468. The zero-order chi connectivity index (χ0) is 11.3. The molecule has 0 amide bonds. The lowest BCUT2D eigenvalue weighted by atomic mass is 10.3. The van der Waals surface area contributed by atoms with Crippen LogP contribution >= 0.6 is 23.2 Å². The van der Waals surface area contributed by atoms with E-state index in [2.05, 4.69) is 0 Å². The summed E-state index contributed by atoms with van der Waals surface area (Å²) >= 11 is 11.2. The number of halogens is 2. The van der Waals surface area contributed by atoms with Crippen LogP contribution in [-0.4, -0.2) is 17.1 Å². The van der Waals surface area contributed by atoms with Gasteiger partial charge in [-0.25, -0.2) is 4.79 Å². The third-order valence-electron chi connectivity index (χ3n) is 1.48. The molecule has 0 aliphatic heterocycles. The van der Waals surface area contributed by atoms with Crippen molar-refractivity contribution in [2.24, 2.45) is 0 Å². The van der Waals surface area contributed by atoms with Crippen LogP contribution in [0, 0.1) is 0 Å². The van der Waals surface area contributed by atoms with Crippen molar-refractivity contribution in [3.63, 3.8) is 0 Å². The van der Waals surface area contributed by atoms with Crippen molar-refractivity contribution in [1.82, 2.24) is 0 Å². The van der Waals surface area contributed by atoms with E-state index in [1.165, 1.54) is 6.92 Å². The van der Waals surface area contributed by atoms with Crippen LogP contribution in [0.3, 0.4) is 0 Å². The van der Waals surface area contributed by atoms with Gasteiger partial charge in [0.15, 0.2) is 5.06 Å². The minimum absolute atomic E-state index is 0.0154. The molecule has 0 saturated heterocycles. The fourth-order valence-electron chi connectivity index (χ4n) is 0.807. The number of carbonyl (C=O) groups excluding carboxylic acids is 1. The standard InChI is InChI=1S/C10H10Cl2O3/c1-10(12,7-11)15-9(13)14-8-5-3-2-4-6-8/h2-6H,7H2,1H3. The third-order valence-corrected chi connectivity index (χ3v) is 2.34. The second-order valence-electron chi connectivity index (χ2n) is 3.00. The summed E-state index contributed by atoms with van der Waals surface area (Å²) < 4.78 is 9.61. The van der Waals surface area contributed by atoms with Gasteiger partial charge < -0.3 is 9.47 Å². The van der Waals surface area contributed by atoms with E-state index >= 15 is 0 Å². The van der Waals surface area contributed by atoms with E-state index in [1.54, 1.807) is 24.3 Å². The predicted octanol–water partition coefficient (Wildman–Crippen LogP) is 3.40. The Labute approximate surface area is 97.9 Å². The summed E-state index contributed by atoms with van der Waals surface area (Å²) in [6, 6.07) is 8.55. The molecule has 0 heterocycles. The molecule has 3 nitrogen and oxygen atoms in total. The maximum Gasteiger partial charge on any atom is 0.515 e. The van der Waals surface area contributed by atoms with Gasteiger partial charge in [0, 0.05) is 0 Å². The highest BCUT2D eigenvalue weighted by atomic mass is 35.5. The monoisotopic (exact) mass is 248 g/mol. The van der Waals surface area contributed by atoms with Gasteiger partial charge in [-0.15, -0.1) is 11.6 Å². The highest BCUT2D eigenvalue weighted by Gasteiger charge is 2.25. The molecule has 0 aliphatic rings. The number of para-hydroxylation sites is 1. The van der Waals surface area contributed by atoms with Gasteiger partial charge in [-0.1, -0.05) is 29.8 Å². The average molecular weight is 249 g/mol.